The zero-order valence-electron chi connectivity index (χ0n) is 5.52. The summed E-state index contributed by atoms with van der Waals surface area (Å²) in [6.45, 7) is 0. The van der Waals surface area contributed by atoms with Gasteiger partial charge in [-0.05, 0) is 0 Å². The number of hydrogen-bond donors (Lipinski definition) is 1. The number of oxazole rings is 1. The van der Waals surface area contributed by atoms with Crippen LogP contribution in [-0.2, 0) is 0 Å². The first kappa shape index (κ1) is 17.0. The van der Waals surface area contributed by atoms with Crippen LogP contribution in [0.3, 0.4) is 0 Å². The van der Waals surface area contributed by atoms with E-state index in [0.717, 1.165) is 0 Å². The summed E-state index contributed by atoms with van der Waals surface area (Å²) in [7, 11) is -0.250. The zero-order chi connectivity index (χ0) is 6.24. The van der Waals surface area contributed by atoms with Gasteiger partial charge in [0.1, 0.15) is 6.26 Å². The molecule has 3 N–H and O–H groups in total. The first-order valence-corrected chi connectivity index (χ1v) is 1.82. The Hall–Kier alpha value is 0.791. The fourth-order valence-electron chi connectivity index (χ4n) is 0.176. The average Bonchev–Trinajstić information content (AvgIpc) is 2.17. The smallest absolute Gasteiger partial charge is 0.861 e. The fourth-order valence-corrected chi connectivity index (χ4v) is 0.176. The van der Waals surface area contributed by atoms with Gasteiger partial charge in [-0.1, -0.05) is 0 Å². The molecule has 0 aliphatic carbocycles. The van der Waals surface area contributed by atoms with Gasteiger partial charge in [0, 0.05) is 0 Å². The molecule has 0 aliphatic heterocycles. The van der Waals surface area contributed by atoms with Crippen LogP contribution < -0.4 is 56.4 Å². The van der Waals surface area contributed by atoms with E-state index in [9.17, 15) is 0 Å². The van der Waals surface area contributed by atoms with E-state index < -0.39 is 0 Å². The third-order valence-electron chi connectivity index (χ3n) is 0.347. The van der Waals surface area contributed by atoms with Crippen molar-refractivity contribution in [2.45, 2.75) is 0 Å². The Labute approximate surface area is 102 Å². The Bertz CT molecular complexity index is 87.4. The van der Waals surface area contributed by atoms with Crippen molar-refractivity contribution in [3.05, 3.63) is 18.9 Å². The predicted octanol–water partition coefficient (Wildman–Crippen LogP) is -5.27. The summed E-state index contributed by atoms with van der Waals surface area (Å²) in [5, 5.41) is 15.2. The standard InChI is InChI=1S/C3H3NO.BHO2.K.H2O/c1-2-5-3-4-1;2-1-3;;/h1-3H;2H;;1H2/q;-1;+1;. The molecule has 0 fully saturated rings. The van der Waals surface area contributed by atoms with E-state index in [1.807, 2.05) is 0 Å². The van der Waals surface area contributed by atoms with E-state index in [0.29, 0.717) is 0 Å². The van der Waals surface area contributed by atoms with Gasteiger partial charge in [0.25, 0.3) is 0 Å². The molecule has 0 bridgehead atoms. The van der Waals surface area contributed by atoms with Gasteiger partial charge < -0.3 is 19.9 Å². The molecule has 0 spiro atoms. The van der Waals surface area contributed by atoms with Crippen molar-refractivity contribution >= 4 is 7.69 Å². The van der Waals surface area contributed by atoms with Crippen molar-refractivity contribution < 1.29 is 71.3 Å². The Morgan fingerprint density at radius 3 is 2.20 bits per heavy atom. The maximum absolute atomic E-state index is 8.36. The number of hydrogen-bond acceptors (Lipinski definition) is 4. The Morgan fingerprint density at radius 2 is 2.10 bits per heavy atom. The van der Waals surface area contributed by atoms with Crippen LogP contribution in [0.1, 0.15) is 0 Å². The molecule has 51 valence electrons. The van der Waals surface area contributed by atoms with Gasteiger partial charge >= 0.3 is 51.4 Å². The number of nitrogens with zero attached hydrogens (tertiary/aromatic N) is 1. The van der Waals surface area contributed by atoms with E-state index in [1.54, 1.807) is 6.20 Å². The average molecular weight is 170 g/mol. The molecule has 0 aromatic carbocycles. The quantitative estimate of drug-likeness (QED) is 0.393. The molecule has 10 heavy (non-hydrogen) atoms. The van der Waals surface area contributed by atoms with Gasteiger partial charge in [0.05, 0.1) is 6.20 Å². The first-order chi connectivity index (χ1) is 3.91. The topological polar surface area (TPSA) is 101 Å². The first-order valence-electron chi connectivity index (χ1n) is 1.82. The maximum atomic E-state index is 8.36. The van der Waals surface area contributed by atoms with Crippen molar-refractivity contribution in [2.24, 2.45) is 0 Å². The molecule has 1 rings (SSSR count). The molecule has 0 unspecified atom stereocenters. The monoisotopic (exact) mass is 170 g/mol. The van der Waals surface area contributed by atoms with Crippen LogP contribution in [0.25, 0.3) is 0 Å². The third-order valence-corrected chi connectivity index (χ3v) is 0.347. The molecule has 0 saturated heterocycles. The van der Waals surface area contributed by atoms with Gasteiger partial charge in [0.15, 0.2) is 14.1 Å². The van der Waals surface area contributed by atoms with Crippen molar-refractivity contribution in [1.29, 1.82) is 0 Å². The van der Waals surface area contributed by atoms with Gasteiger partial charge in [-0.15, -0.1) is 0 Å². The summed E-state index contributed by atoms with van der Waals surface area (Å²) in [5.41, 5.74) is 0. The molecule has 5 nitrogen and oxygen atoms in total. The van der Waals surface area contributed by atoms with Gasteiger partial charge in [-0.25, -0.2) is 4.98 Å². The second-order valence-corrected chi connectivity index (χ2v) is 0.781. The van der Waals surface area contributed by atoms with E-state index in [-0.39, 0.29) is 64.5 Å². The van der Waals surface area contributed by atoms with E-state index in [2.05, 4.69) is 9.40 Å². The molecule has 1 heterocycles. The predicted molar refractivity (Wildman–Crippen MR) is 28.1 cm³/mol. The summed E-state index contributed by atoms with van der Waals surface area (Å²) in [5.74, 6) is 0. The fraction of sp³-hybridized carbons (Fsp3) is 0. The number of rotatable bonds is 0. The molecular formula is C3H6BKNO4. The van der Waals surface area contributed by atoms with Crippen LogP contribution in [0.15, 0.2) is 23.3 Å². The van der Waals surface area contributed by atoms with Gasteiger partial charge in [0.2, 0.25) is 0 Å². The molecule has 0 saturated carbocycles. The summed E-state index contributed by atoms with van der Waals surface area (Å²) in [4.78, 5) is 3.56. The van der Waals surface area contributed by atoms with Crippen molar-refractivity contribution in [3.63, 3.8) is 0 Å². The van der Waals surface area contributed by atoms with E-state index >= 15 is 0 Å². The zero-order valence-corrected chi connectivity index (χ0v) is 8.64. The summed E-state index contributed by atoms with van der Waals surface area (Å²) in [6.07, 6.45) is 4.47. The summed E-state index contributed by atoms with van der Waals surface area (Å²) < 4.78 is 4.47. The minimum Gasteiger partial charge on any atom is -0.861 e. The Balaban J connectivity index is -0.0000000900. The van der Waals surface area contributed by atoms with Crippen molar-refractivity contribution in [2.75, 3.05) is 0 Å². The molecule has 0 atom stereocenters. The molecule has 1 aromatic rings. The van der Waals surface area contributed by atoms with Crippen LogP contribution >= 0.6 is 0 Å². The molecule has 1 radical (unpaired) electrons. The Kier molecular flexibility index (Phi) is 28.0. The van der Waals surface area contributed by atoms with Crippen LogP contribution in [0, 0.1) is 0 Å². The minimum atomic E-state index is -0.250. The molecule has 0 amide bonds. The van der Waals surface area contributed by atoms with Gasteiger partial charge in [-0.3, -0.25) is 0 Å². The van der Waals surface area contributed by atoms with Crippen LogP contribution in [0.4, 0.5) is 0 Å². The summed E-state index contributed by atoms with van der Waals surface area (Å²) in [6, 6.07) is 0. The largest absolute Gasteiger partial charge is 1.00 e. The Morgan fingerprint density at radius 1 is 1.60 bits per heavy atom. The van der Waals surface area contributed by atoms with Crippen LogP contribution in [-0.4, -0.2) is 23.2 Å². The van der Waals surface area contributed by atoms with Crippen LogP contribution in [0.2, 0.25) is 0 Å². The molecule has 0 aliphatic rings. The molecule has 7 heteroatoms. The van der Waals surface area contributed by atoms with Gasteiger partial charge in [-0.2, -0.15) is 0 Å². The number of aromatic nitrogens is 1. The second kappa shape index (κ2) is 16.4. The molecule has 1 aromatic heterocycles. The van der Waals surface area contributed by atoms with E-state index in [1.165, 1.54) is 12.7 Å². The van der Waals surface area contributed by atoms with Crippen LogP contribution in [0.5, 0.6) is 0 Å². The van der Waals surface area contributed by atoms with E-state index in [4.69, 9.17) is 10.0 Å². The third kappa shape index (κ3) is 15.9. The molecular weight excluding hydrogens is 164 g/mol. The summed E-state index contributed by atoms with van der Waals surface area (Å²) >= 11 is 0. The normalized spacial score (nSPS) is 5.40. The van der Waals surface area contributed by atoms with Crippen molar-refractivity contribution in [3.8, 4) is 0 Å². The maximum Gasteiger partial charge on any atom is 1.00 e. The van der Waals surface area contributed by atoms with Crippen molar-refractivity contribution in [1.82, 2.24) is 4.98 Å². The second-order valence-electron chi connectivity index (χ2n) is 0.781. The SMILES string of the molecule is O.[K+].[O-][B]O.c1cocn1. The minimum absolute atomic E-state index is 0.